The maximum absolute atomic E-state index is 13.2. The standard InChI is InChI=1S/C34H43NO8/c1-25(36)31(41-23-27-16-10-6-11-17-27)32(42-24-28-18-12-7-13-19-28)29(40-22-26-14-8-5-9-15-26)20-35(21-30(37)38)33(39)43-34(2,3)4/h5-19,25,29,31-32,36H,20-24H2,1-4H3,(H,37,38). The number of hydrogen-bond donors (Lipinski definition) is 2. The highest BCUT2D eigenvalue weighted by Crippen LogP contribution is 2.23. The Balaban J connectivity index is 1.98. The van der Waals surface area contributed by atoms with Gasteiger partial charge in [0.2, 0.25) is 0 Å². The van der Waals surface area contributed by atoms with E-state index in [1.807, 2.05) is 91.0 Å². The average molecular weight is 594 g/mol. The summed E-state index contributed by atoms with van der Waals surface area (Å²) in [5.41, 5.74) is 1.81. The first-order valence-electron chi connectivity index (χ1n) is 14.4. The molecule has 9 nitrogen and oxygen atoms in total. The van der Waals surface area contributed by atoms with Crippen molar-refractivity contribution in [1.82, 2.24) is 4.90 Å². The highest BCUT2D eigenvalue weighted by molar-refractivity contribution is 5.77. The number of aliphatic hydroxyl groups is 1. The summed E-state index contributed by atoms with van der Waals surface area (Å²) in [6, 6.07) is 28.5. The van der Waals surface area contributed by atoms with Gasteiger partial charge in [-0.2, -0.15) is 0 Å². The van der Waals surface area contributed by atoms with Gasteiger partial charge in [-0.15, -0.1) is 0 Å². The van der Waals surface area contributed by atoms with Crippen LogP contribution >= 0.6 is 0 Å². The highest BCUT2D eigenvalue weighted by atomic mass is 16.6. The summed E-state index contributed by atoms with van der Waals surface area (Å²) in [5.74, 6) is -1.21. The van der Waals surface area contributed by atoms with Crippen LogP contribution in [0.25, 0.3) is 0 Å². The van der Waals surface area contributed by atoms with Crippen molar-refractivity contribution in [2.45, 2.75) is 77.5 Å². The lowest BCUT2D eigenvalue weighted by atomic mass is 10.0. The van der Waals surface area contributed by atoms with E-state index in [9.17, 15) is 19.8 Å². The normalized spacial score (nSPS) is 14.3. The van der Waals surface area contributed by atoms with Gasteiger partial charge in [0, 0.05) is 0 Å². The molecule has 0 aliphatic heterocycles. The van der Waals surface area contributed by atoms with Crippen LogP contribution < -0.4 is 0 Å². The minimum Gasteiger partial charge on any atom is -0.480 e. The van der Waals surface area contributed by atoms with Gasteiger partial charge in [-0.25, -0.2) is 4.79 Å². The third-order valence-electron chi connectivity index (χ3n) is 6.42. The number of amides is 1. The number of ether oxygens (including phenoxy) is 4. The molecular weight excluding hydrogens is 550 g/mol. The van der Waals surface area contributed by atoms with E-state index >= 15 is 0 Å². The van der Waals surface area contributed by atoms with E-state index in [2.05, 4.69) is 0 Å². The molecule has 0 aliphatic carbocycles. The Morgan fingerprint density at radius 2 is 1.14 bits per heavy atom. The van der Waals surface area contributed by atoms with Gasteiger partial charge in [-0.1, -0.05) is 91.0 Å². The van der Waals surface area contributed by atoms with Gasteiger partial charge in [0.25, 0.3) is 0 Å². The van der Waals surface area contributed by atoms with Crippen molar-refractivity contribution >= 4 is 12.1 Å². The quantitative estimate of drug-likeness (QED) is 0.226. The molecule has 4 unspecified atom stereocenters. The summed E-state index contributed by atoms with van der Waals surface area (Å²) >= 11 is 0. The van der Waals surface area contributed by atoms with Gasteiger partial charge in [0.1, 0.15) is 30.5 Å². The van der Waals surface area contributed by atoms with E-state index in [4.69, 9.17) is 18.9 Å². The number of carboxylic acid groups (broad SMARTS) is 1. The van der Waals surface area contributed by atoms with Crippen LogP contribution in [0, 0.1) is 0 Å². The van der Waals surface area contributed by atoms with Crippen LogP contribution in [0.3, 0.4) is 0 Å². The highest BCUT2D eigenvalue weighted by Gasteiger charge is 2.38. The zero-order chi connectivity index (χ0) is 31.2. The smallest absolute Gasteiger partial charge is 0.410 e. The lowest BCUT2D eigenvalue weighted by molar-refractivity contribution is -0.180. The molecule has 1 amide bonds. The van der Waals surface area contributed by atoms with Gasteiger partial charge >= 0.3 is 12.1 Å². The maximum Gasteiger partial charge on any atom is 0.410 e. The Morgan fingerprint density at radius 1 is 0.721 bits per heavy atom. The topological polar surface area (TPSA) is 115 Å². The molecule has 0 spiro atoms. The number of benzene rings is 3. The second kappa shape index (κ2) is 16.8. The van der Waals surface area contributed by atoms with Crippen LogP contribution in [0.4, 0.5) is 4.79 Å². The van der Waals surface area contributed by atoms with Crippen LogP contribution in [0.1, 0.15) is 44.4 Å². The predicted octanol–water partition coefficient (Wildman–Crippen LogP) is 5.45. The molecule has 43 heavy (non-hydrogen) atoms. The first kappa shape index (κ1) is 33.7. The number of rotatable bonds is 16. The number of hydrogen-bond acceptors (Lipinski definition) is 7. The fourth-order valence-electron chi connectivity index (χ4n) is 4.40. The number of carbonyl (C=O) groups is 2. The van der Waals surface area contributed by atoms with Crippen LogP contribution in [0.2, 0.25) is 0 Å². The number of aliphatic carboxylic acids is 1. The molecule has 0 saturated carbocycles. The summed E-state index contributed by atoms with van der Waals surface area (Å²) in [5, 5.41) is 20.6. The summed E-state index contributed by atoms with van der Waals surface area (Å²) in [6.07, 6.45) is -4.52. The van der Waals surface area contributed by atoms with Crippen LogP contribution in [-0.4, -0.2) is 70.3 Å². The molecule has 0 bridgehead atoms. The number of carboxylic acids is 1. The summed E-state index contributed by atoms with van der Waals surface area (Å²) in [4.78, 5) is 26.1. The molecule has 4 atom stereocenters. The number of nitrogens with zero attached hydrogens (tertiary/aromatic N) is 1. The number of carbonyl (C=O) groups excluding carboxylic acids is 1. The van der Waals surface area contributed by atoms with Crippen molar-refractivity contribution in [3.63, 3.8) is 0 Å². The van der Waals surface area contributed by atoms with Crippen molar-refractivity contribution in [3.8, 4) is 0 Å². The molecule has 2 N–H and O–H groups in total. The third-order valence-corrected chi connectivity index (χ3v) is 6.42. The summed E-state index contributed by atoms with van der Waals surface area (Å²) in [6.45, 7) is 6.43. The van der Waals surface area contributed by atoms with Crippen molar-refractivity contribution in [3.05, 3.63) is 108 Å². The van der Waals surface area contributed by atoms with Crippen LogP contribution in [0.5, 0.6) is 0 Å². The molecule has 0 fully saturated rings. The Hall–Kier alpha value is -3.76. The van der Waals surface area contributed by atoms with Gasteiger partial charge in [0.15, 0.2) is 0 Å². The van der Waals surface area contributed by atoms with Gasteiger partial charge in [0.05, 0.1) is 32.5 Å². The maximum atomic E-state index is 13.2. The Kier molecular flexibility index (Phi) is 13.2. The lowest BCUT2D eigenvalue weighted by Crippen LogP contribution is -2.53. The molecule has 0 aliphatic rings. The Labute approximate surface area is 254 Å². The molecule has 3 aromatic carbocycles. The third kappa shape index (κ3) is 12.2. The first-order valence-corrected chi connectivity index (χ1v) is 14.4. The van der Waals surface area contributed by atoms with E-state index in [0.29, 0.717) is 0 Å². The van der Waals surface area contributed by atoms with E-state index in [1.54, 1.807) is 27.7 Å². The molecule has 9 heteroatoms. The minimum atomic E-state index is -1.21. The molecule has 0 saturated heterocycles. The van der Waals surface area contributed by atoms with Crippen molar-refractivity contribution in [2.24, 2.45) is 0 Å². The zero-order valence-corrected chi connectivity index (χ0v) is 25.3. The fourth-order valence-corrected chi connectivity index (χ4v) is 4.40. The Bertz CT molecular complexity index is 1230. The van der Waals surface area contributed by atoms with Crippen molar-refractivity contribution in [1.29, 1.82) is 0 Å². The second-order valence-electron chi connectivity index (χ2n) is 11.4. The largest absolute Gasteiger partial charge is 0.480 e. The molecule has 3 aromatic rings. The predicted molar refractivity (Wildman–Crippen MR) is 162 cm³/mol. The molecule has 232 valence electrons. The van der Waals surface area contributed by atoms with Crippen LogP contribution in [0.15, 0.2) is 91.0 Å². The SMILES string of the molecule is CC(O)C(OCc1ccccc1)C(OCc1ccccc1)C(CN(CC(=O)O)C(=O)OC(C)(C)C)OCc1ccccc1. The summed E-state index contributed by atoms with van der Waals surface area (Å²) in [7, 11) is 0. The van der Waals surface area contributed by atoms with Crippen LogP contribution in [-0.2, 0) is 43.6 Å². The molecule has 0 radical (unpaired) electrons. The van der Waals surface area contributed by atoms with E-state index < -0.39 is 48.6 Å². The zero-order valence-electron chi connectivity index (χ0n) is 25.3. The van der Waals surface area contributed by atoms with Gasteiger partial charge < -0.3 is 29.2 Å². The Morgan fingerprint density at radius 3 is 1.53 bits per heavy atom. The van der Waals surface area contributed by atoms with Gasteiger partial charge in [-0.3, -0.25) is 9.69 Å². The van der Waals surface area contributed by atoms with E-state index in [1.165, 1.54) is 0 Å². The summed E-state index contributed by atoms with van der Waals surface area (Å²) < 4.78 is 24.6. The lowest BCUT2D eigenvalue weighted by Gasteiger charge is -2.37. The molecule has 0 aromatic heterocycles. The number of aliphatic hydroxyl groups excluding tert-OH is 1. The minimum absolute atomic E-state index is 0.150. The second-order valence-corrected chi connectivity index (χ2v) is 11.4. The average Bonchev–Trinajstić information content (AvgIpc) is 2.97. The molecule has 3 rings (SSSR count). The van der Waals surface area contributed by atoms with E-state index in [-0.39, 0.29) is 26.4 Å². The fraction of sp³-hybridized carbons (Fsp3) is 0.412. The first-order chi connectivity index (χ1) is 20.5. The van der Waals surface area contributed by atoms with Crippen molar-refractivity contribution in [2.75, 3.05) is 13.1 Å². The monoisotopic (exact) mass is 593 g/mol. The van der Waals surface area contributed by atoms with E-state index in [0.717, 1.165) is 21.6 Å². The van der Waals surface area contributed by atoms with Crippen molar-refractivity contribution < 1.29 is 38.7 Å². The molecule has 0 heterocycles. The van der Waals surface area contributed by atoms with Gasteiger partial charge in [-0.05, 0) is 44.4 Å². The molecular formula is C34H43NO8.